The second-order valence-electron chi connectivity index (χ2n) is 7.35. The standard InChI is InChI=1S/C20H23N3O2/c1-20(2)14-25-17-7-6-15(13-16(17)20)19(24)23-11-9-22(10-12-23)18-5-3-4-8-21-18/h3-8,13H,9-12,14H2,1-2H3. The van der Waals surface area contributed by atoms with Crippen LogP contribution in [0, 0.1) is 0 Å². The van der Waals surface area contributed by atoms with Gasteiger partial charge in [0.1, 0.15) is 11.6 Å². The van der Waals surface area contributed by atoms with Crippen LogP contribution >= 0.6 is 0 Å². The molecule has 5 nitrogen and oxygen atoms in total. The number of benzene rings is 1. The monoisotopic (exact) mass is 337 g/mol. The number of carbonyl (C=O) groups is 1. The summed E-state index contributed by atoms with van der Waals surface area (Å²) in [4.78, 5) is 21.5. The molecular weight excluding hydrogens is 314 g/mol. The van der Waals surface area contributed by atoms with Crippen LogP contribution in [0.15, 0.2) is 42.6 Å². The molecule has 0 spiro atoms. The van der Waals surface area contributed by atoms with Crippen LogP contribution in [0.25, 0.3) is 0 Å². The first-order valence-electron chi connectivity index (χ1n) is 8.77. The molecule has 2 aliphatic heterocycles. The van der Waals surface area contributed by atoms with E-state index in [4.69, 9.17) is 4.74 Å². The van der Waals surface area contributed by atoms with E-state index in [0.29, 0.717) is 19.7 Å². The Bertz CT molecular complexity index is 781. The number of nitrogens with zero attached hydrogens (tertiary/aromatic N) is 3. The van der Waals surface area contributed by atoms with E-state index in [1.165, 1.54) is 0 Å². The maximum absolute atomic E-state index is 12.9. The summed E-state index contributed by atoms with van der Waals surface area (Å²) in [6, 6.07) is 11.8. The van der Waals surface area contributed by atoms with Gasteiger partial charge in [-0.3, -0.25) is 4.79 Å². The summed E-state index contributed by atoms with van der Waals surface area (Å²) in [6.07, 6.45) is 1.81. The van der Waals surface area contributed by atoms with E-state index in [1.54, 1.807) is 6.20 Å². The van der Waals surface area contributed by atoms with Crippen molar-refractivity contribution in [3.63, 3.8) is 0 Å². The molecule has 0 bridgehead atoms. The molecule has 1 fully saturated rings. The topological polar surface area (TPSA) is 45.7 Å². The first-order chi connectivity index (χ1) is 12.0. The van der Waals surface area contributed by atoms with Gasteiger partial charge in [0.25, 0.3) is 5.91 Å². The number of carbonyl (C=O) groups excluding carboxylic acids is 1. The molecule has 0 N–H and O–H groups in total. The van der Waals surface area contributed by atoms with Gasteiger partial charge in [-0.25, -0.2) is 4.98 Å². The summed E-state index contributed by atoms with van der Waals surface area (Å²) >= 11 is 0. The van der Waals surface area contributed by atoms with E-state index in [-0.39, 0.29) is 11.3 Å². The lowest BCUT2D eigenvalue weighted by Crippen LogP contribution is -2.49. The molecule has 1 aromatic carbocycles. The van der Waals surface area contributed by atoms with Gasteiger partial charge < -0.3 is 14.5 Å². The largest absolute Gasteiger partial charge is 0.492 e. The smallest absolute Gasteiger partial charge is 0.253 e. The fourth-order valence-electron chi connectivity index (χ4n) is 3.52. The number of piperazine rings is 1. The predicted octanol–water partition coefficient (Wildman–Crippen LogP) is 2.71. The van der Waals surface area contributed by atoms with Gasteiger partial charge in [0.05, 0.1) is 6.61 Å². The van der Waals surface area contributed by atoms with Crippen molar-refractivity contribution in [2.75, 3.05) is 37.7 Å². The Labute approximate surface area is 148 Å². The Hall–Kier alpha value is -2.56. The second kappa shape index (κ2) is 6.06. The van der Waals surface area contributed by atoms with Crippen molar-refractivity contribution in [3.8, 4) is 5.75 Å². The highest BCUT2D eigenvalue weighted by Gasteiger charge is 2.33. The molecule has 1 amide bonds. The highest BCUT2D eigenvalue weighted by molar-refractivity contribution is 5.95. The van der Waals surface area contributed by atoms with Crippen molar-refractivity contribution in [2.45, 2.75) is 19.3 Å². The van der Waals surface area contributed by atoms with Gasteiger partial charge in [0.2, 0.25) is 0 Å². The maximum Gasteiger partial charge on any atom is 0.253 e. The molecule has 5 heteroatoms. The lowest BCUT2D eigenvalue weighted by atomic mass is 9.86. The third-order valence-electron chi connectivity index (χ3n) is 5.08. The van der Waals surface area contributed by atoms with Gasteiger partial charge in [0, 0.05) is 48.9 Å². The van der Waals surface area contributed by atoms with E-state index in [1.807, 2.05) is 41.3 Å². The van der Waals surface area contributed by atoms with Crippen LogP contribution in [-0.2, 0) is 5.41 Å². The molecule has 1 aromatic heterocycles. The number of fused-ring (bicyclic) bond motifs is 1. The highest BCUT2D eigenvalue weighted by atomic mass is 16.5. The van der Waals surface area contributed by atoms with Gasteiger partial charge in [-0.15, -0.1) is 0 Å². The molecule has 130 valence electrons. The fraction of sp³-hybridized carbons (Fsp3) is 0.400. The fourth-order valence-corrected chi connectivity index (χ4v) is 3.52. The molecule has 0 saturated carbocycles. The van der Waals surface area contributed by atoms with Crippen molar-refractivity contribution in [2.24, 2.45) is 0 Å². The number of rotatable bonds is 2. The van der Waals surface area contributed by atoms with Crippen molar-refractivity contribution in [3.05, 3.63) is 53.7 Å². The van der Waals surface area contributed by atoms with Crippen LogP contribution in [0.3, 0.4) is 0 Å². The molecular formula is C20H23N3O2. The number of amides is 1. The molecule has 3 heterocycles. The van der Waals surface area contributed by atoms with E-state index in [0.717, 1.165) is 35.8 Å². The minimum atomic E-state index is -0.0384. The van der Waals surface area contributed by atoms with Gasteiger partial charge in [-0.2, -0.15) is 0 Å². The van der Waals surface area contributed by atoms with E-state index in [2.05, 4.69) is 23.7 Å². The number of hydrogen-bond acceptors (Lipinski definition) is 4. The summed E-state index contributed by atoms with van der Waals surface area (Å²) in [5, 5.41) is 0. The van der Waals surface area contributed by atoms with Gasteiger partial charge in [0.15, 0.2) is 0 Å². The molecule has 0 aliphatic carbocycles. The average molecular weight is 337 g/mol. The third-order valence-corrected chi connectivity index (χ3v) is 5.08. The summed E-state index contributed by atoms with van der Waals surface area (Å²) in [7, 11) is 0. The quantitative estimate of drug-likeness (QED) is 0.845. The molecule has 0 unspecified atom stereocenters. The van der Waals surface area contributed by atoms with Crippen molar-refractivity contribution in [1.29, 1.82) is 0 Å². The van der Waals surface area contributed by atoms with Gasteiger partial charge in [-0.1, -0.05) is 19.9 Å². The Morgan fingerprint density at radius 2 is 1.92 bits per heavy atom. The Morgan fingerprint density at radius 3 is 2.64 bits per heavy atom. The summed E-state index contributed by atoms with van der Waals surface area (Å²) in [5.74, 6) is 1.98. The Balaban J connectivity index is 1.46. The Kier molecular flexibility index (Phi) is 3.86. The molecule has 0 radical (unpaired) electrons. The zero-order chi connectivity index (χ0) is 17.4. The number of hydrogen-bond donors (Lipinski definition) is 0. The number of anilines is 1. The first kappa shape index (κ1) is 15.9. The minimum Gasteiger partial charge on any atom is -0.492 e. The second-order valence-corrected chi connectivity index (χ2v) is 7.35. The van der Waals surface area contributed by atoms with Crippen LogP contribution in [0.5, 0.6) is 5.75 Å². The molecule has 4 rings (SSSR count). The molecule has 2 aromatic rings. The predicted molar refractivity (Wildman–Crippen MR) is 97.3 cm³/mol. The van der Waals surface area contributed by atoms with Crippen LogP contribution in [0.1, 0.15) is 29.8 Å². The Morgan fingerprint density at radius 1 is 1.12 bits per heavy atom. The average Bonchev–Trinajstić information content (AvgIpc) is 2.96. The first-order valence-corrected chi connectivity index (χ1v) is 8.77. The summed E-state index contributed by atoms with van der Waals surface area (Å²) < 4.78 is 5.72. The molecule has 2 aliphatic rings. The molecule has 25 heavy (non-hydrogen) atoms. The van der Waals surface area contributed by atoms with Crippen LogP contribution < -0.4 is 9.64 Å². The normalized spacial score (nSPS) is 18.6. The van der Waals surface area contributed by atoms with E-state index >= 15 is 0 Å². The molecule has 0 atom stereocenters. The van der Waals surface area contributed by atoms with E-state index < -0.39 is 0 Å². The van der Waals surface area contributed by atoms with Crippen LogP contribution in [0.4, 0.5) is 5.82 Å². The third kappa shape index (κ3) is 2.95. The van der Waals surface area contributed by atoms with Crippen LogP contribution in [-0.4, -0.2) is 48.6 Å². The maximum atomic E-state index is 12.9. The molecule has 1 saturated heterocycles. The van der Waals surface area contributed by atoms with Crippen molar-refractivity contribution in [1.82, 2.24) is 9.88 Å². The van der Waals surface area contributed by atoms with Crippen molar-refractivity contribution >= 4 is 11.7 Å². The SMILES string of the molecule is CC1(C)COc2ccc(C(=O)N3CCN(c4ccccn4)CC3)cc21. The van der Waals surface area contributed by atoms with Crippen molar-refractivity contribution < 1.29 is 9.53 Å². The van der Waals surface area contributed by atoms with Gasteiger partial charge in [-0.05, 0) is 30.3 Å². The van der Waals surface area contributed by atoms with E-state index in [9.17, 15) is 4.79 Å². The van der Waals surface area contributed by atoms with Gasteiger partial charge >= 0.3 is 0 Å². The number of aromatic nitrogens is 1. The summed E-state index contributed by atoms with van der Waals surface area (Å²) in [5.41, 5.74) is 1.85. The number of ether oxygens (including phenoxy) is 1. The van der Waals surface area contributed by atoms with Crippen LogP contribution in [0.2, 0.25) is 0 Å². The summed E-state index contributed by atoms with van der Waals surface area (Å²) in [6.45, 7) is 8.02. The lowest BCUT2D eigenvalue weighted by molar-refractivity contribution is 0.0746. The minimum absolute atomic E-state index is 0.0384. The number of pyridine rings is 1. The lowest BCUT2D eigenvalue weighted by Gasteiger charge is -2.35. The highest BCUT2D eigenvalue weighted by Crippen LogP contribution is 2.38. The zero-order valence-corrected chi connectivity index (χ0v) is 14.7. The zero-order valence-electron chi connectivity index (χ0n) is 14.7.